The van der Waals surface area contributed by atoms with Gasteiger partial charge in [-0.3, -0.25) is 0 Å². The van der Waals surface area contributed by atoms with Crippen LogP contribution in [0.15, 0.2) is 48.6 Å². The van der Waals surface area contributed by atoms with Crippen LogP contribution in [0.2, 0.25) is 0 Å². The van der Waals surface area contributed by atoms with Crippen LogP contribution >= 0.6 is 15.9 Å². The number of hydrogen-bond donors (Lipinski definition) is 1. The van der Waals surface area contributed by atoms with Gasteiger partial charge in [0.1, 0.15) is 11.2 Å². The molecule has 21 heavy (non-hydrogen) atoms. The van der Waals surface area contributed by atoms with Gasteiger partial charge in [-0.1, -0.05) is 5.16 Å². The molecule has 0 aliphatic rings. The van der Waals surface area contributed by atoms with Gasteiger partial charge in [0.15, 0.2) is 11.5 Å². The van der Waals surface area contributed by atoms with Crippen molar-refractivity contribution in [1.82, 2.24) is 5.16 Å². The Morgan fingerprint density at radius 1 is 1.14 bits per heavy atom. The van der Waals surface area contributed by atoms with Crippen molar-refractivity contribution in [2.45, 2.75) is 0 Å². The summed E-state index contributed by atoms with van der Waals surface area (Å²) in [6.07, 6.45) is 3.10. The van der Waals surface area contributed by atoms with Crippen LogP contribution in [0.25, 0.3) is 33.3 Å². The minimum atomic E-state index is -1.15. The normalized spacial score (nSPS) is 11.5. The number of nitrogens with zero attached hydrogens (tertiary/aromatic N) is 1. The summed E-state index contributed by atoms with van der Waals surface area (Å²) in [5.74, 6) is -0.840. The zero-order chi connectivity index (χ0) is 14.6. The summed E-state index contributed by atoms with van der Waals surface area (Å²) >= 11 is 3.48. The molecule has 3 aromatic heterocycles. The van der Waals surface area contributed by atoms with E-state index < -0.39 is 5.97 Å². The first kappa shape index (κ1) is 12.2. The van der Waals surface area contributed by atoms with Crippen LogP contribution in [-0.2, 0) is 0 Å². The average Bonchev–Trinajstić information content (AvgIpc) is 3.19. The summed E-state index contributed by atoms with van der Waals surface area (Å²) in [5.41, 5.74) is 1.65. The van der Waals surface area contributed by atoms with Crippen LogP contribution in [0.1, 0.15) is 10.5 Å². The van der Waals surface area contributed by atoms with Crippen molar-refractivity contribution < 1.29 is 23.3 Å². The SMILES string of the molecule is O=C(O)c1cc(-c2c3ccoc3c(Br)c3ccoc23)on1. The fourth-order valence-electron chi connectivity index (χ4n) is 2.33. The first-order valence-corrected chi connectivity index (χ1v) is 6.72. The second-order valence-electron chi connectivity index (χ2n) is 4.40. The molecule has 3 heterocycles. The van der Waals surface area contributed by atoms with Crippen LogP contribution in [0, 0.1) is 0 Å². The molecule has 104 valence electrons. The number of aromatic carboxylic acids is 1. The molecule has 0 bridgehead atoms. The van der Waals surface area contributed by atoms with Crippen LogP contribution in [-0.4, -0.2) is 16.2 Å². The molecule has 0 aliphatic heterocycles. The minimum absolute atomic E-state index is 0.163. The standard InChI is InChI=1S/C14H6BrNO5/c15-11-7-2-4-19-12(7)10(6-1-3-20-13(6)11)9-5-8(14(17)18)16-21-9/h1-5H,(H,17,18). The van der Waals surface area contributed by atoms with E-state index in [1.54, 1.807) is 24.7 Å². The van der Waals surface area contributed by atoms with Gasteiger partial charge in [0.05, 0.1) is 22.6 Å². The molecule has 0 aliphatic carbocycles. The summed E-state index contributed by atoms with van der Waals surface area (Å²) < 4.78 is 16.9. The van der Waals surface area contributed by atoms with Gasteiger partial charge in [-0.2, -0.15) is 0 Å². The van der Waals surface area contributed by atoms with Crippen molar-refractivity contribution in [3.63, 3.8) is 0 Å². The first-order chi connectivity index (χ1) is 10.2. The zero-order valence-electron chi connectivity index (χ0n) is 10.3. The average molecular weight is 348 g/mol. The molecule has 0 saturated carbocycles. The molecule has 0 radical (unpaired) electrons. The van der Waals surface area contributed by atoms with Gasteiger partial charge in [0, 0.05) is 16.8 Å². The second kappa shape index (κ2) is 4.23. The maximum absolute atomic E-state index is 11.0. The van der Waals surface area contributed by atoms with E-state index in [1.807, 2.05) is 0 Å². The van der Waals surface area contributed by atoms with Gasteiger partial charge in [-0.15, -0.1) is 0 Å². The number of carboxylic acid groups (broad SMARTS) is 1. The van der Waals surface area contributed by atoms with Crippen molar-refractivity contribution in [1.29, 1.82) is 0 Å². The van der Waals surface area contributed by atoms with E-state index in [2.05, 4.69) is 21.1 Å². The topological polar surface area (TPSA) is 89.6 Å². The fourth-order valence-corrected chi connectivity index (χ4v) is 2.95. The van der Waals surface area contributed by atoms with Crippen molar-refractivity contribution in [3.05, 3.63) is 40.9 Å². The highest BCUT2D eigenvalue weighted by atomic mass is 79.9. The molecule has 0 atom stereocenters. The maximum atomic E-state index is 11.0. The van der Waals surface area contributed by atoms with Gasteiger partial charge < -0.3 is 18.5 Å². The van der Waals surface area contributed by atoms with Gasteiger partial charge in [0.2, 0.25) is 0 Å². The molecular weight excluding hydrogens is 342 g/mol. The Balaban J connectivity index is 2.13. The lowest BCUT2D eigenvalue weighted by molar-refractivity contribution is 0.0686. The Bertz CT molecular complexity index is 942. The Kier molecular flexibility index (Phi) is 2.46. The van der Waals surface area contributed by atoms with E-state index in [4.69, 9.17) is 18.5 Å². The molecule has 1 N–H and O–H groups in total. The van der Waals surface area contributed by atoms with E-state index in [1.165, 1.54) is 6.07 Å². The second-order valence-corrected chi connectivity index (χ2v) is 5.19. The van der Waals surface area contributed by atoms with E-state index in [0.717, 1.165) is 15.2 Å². The number of hydrogen-bond acceptors (Lipinski definition) is 5. The number of benzene rings is 1. The quantitative estimate of drug-likeness (QED) is 0.581. The van der Waals surface area contributed by atoms with Gasteiger partial charge in [-0.05, 0) is 28.1 Å². The molecule has 1 aromatic carbocycles. The number of aromatic nitrogens is 1. The van der Waals surface area contributed by atoms with Crippen LogP contribution in [0.5, 0.6) is 0 Å². The van der Waals surface area contributed by atoms with Crippen LogP contribution in [0.3, 0.4) is 0 Å². The van der Waals surface area contributed by atoms with Crippen molar-refractivity contribution >= 4 is 43.8 Å². The summed E-state index contributed by atoms with van der Waals surface area (Å²) in [5, 5.41) is 14.1. The molecule has 0 saturated heterocycles. The van der Waals surface area contributed by atoms with E-state index in [-0.39, 0.29) is 5.69 Å². The van der Waals surface area contributed by atoms with Crippen molar-refractivity contribution in [2.75, 3.05) is 0 Å². The van der Waals surface area contributed by atoms with E-state index in [0.29, 0.717) is 22.5 Å². The van der Waals surface area contributed by atoms with Gasteiger partial charge >= 0.3 is 5.97 Å². The predicted octanol–water partition coefficient (Wildman–Crippen LogP) is 4.29. The van der Waals surface area contributed by atoms with E-state index in [9.17, 15) is 4.79 Å². The minimum Gasteiger partial charge on any atom is -0.476 e. The van der Waals surface area contributed by atoms with Crippen molar-refractivity contribution in [3.8, 4) is 11.3 Å². The van der Waals surface area contributed by atoms with Crippen molar-refractivity contribution in [2.24, 2.45) is 0 Å². The highest BCUT2D eigenvalue weighted by molar-refractivity contribution is 9.10. The molecule has 0 unspecified atom stereocenters. The lowest BCUT2D eigenvalue weighted by Crippen LogP contribution is -1.94. The molecule has 0 spiro atoms. The number of carboxylic acids is 1. The van der Waals surface area contributed by atoms with Gasteiger partial charge in [0.25, 0.3) is 0 Å². The number of furan rings is 2. The lowest BCUT2D eigenvalue weighted by Gasteiger charge is -2.02. The predicted molar refractivity (Wildman–Crippen MR) is 76.1 cm³/mol. The Morgan fingerprint density at radius 3 is 2.57 bits per heavy atom. The molecule has 0 fully saturated rings. The van der Waals surface area contributed by atoms with E-state index >= 15 is 0 Å². The molecule has 7 heteroatoms. The Morgan fingerprint density at radius 2 is 1.86 bits per heavy atom. The third-order valence-corrected chi connectivity index (χ3v) is 4.03. The highest BCUT2D eigenvalue weighted by Gasteiger charge is 2.22. The fraction of sp³-hybridized carbons (Fsp3) is 0. The van der Waals surface area contributed by atoms with Crippen LogP contribution in [0.4, 0.5) is 0 Å². The smallest absolute Gasteiger partial charge is 0.358 e. The Hall–Kier alpha value is -2.54. The van der Waals surface area contributed by atoms with Gasteiger partial charge in [-0.25, -0.2) is 4.79 Å². The molecule has 0 amide bonds. The molecule has 6 nitrogen and oxygen atoms in total. The number of rotatable bonds is 2. The number of halogens is 1. The summed E-state index contributed by atoms with van der Waals surface area (Å²) in [7, 11) is 0. The first-order valence-electron chi connectivity index (χ1n) is 5.93. The largest absolute Gasteiger partial charge is 0.476 e. The number of fused-ring (bicyclic) bond motifs is 2. The summed E-state index contributed by atoms with van der Waals surface area (Å²) in [4.78, 5) is 11.0. The van der Waals surface area contributed by atoms with Crippen LogP contribution < -0.4 is 0 Å². The number of carbonyl (C=O) groups is 1. The summed E-state index contributed by atoms with van der Waals surface area (Å²) in [6.45, 7) is 0. The molecular formula is C14H6BrNO5. The Labute approximate surface area is 125 Å². The zero-order valence-corrected chi connectivity index (χ0v) is 11.9. The monoisotopic (exact) mass is 347 g/mol. The summed E-state index contributed by atoms with van der Waals surface area (Å²) in [6, 6.07) is 4.92. The molecule has 4 rings (SSSR count). The maximum Gasteiger partial charge on any atom is 0.358 e. The third kappa shape index (κ3) is 1.64. The highest BCUT2D eigenvalue weighted by Crippen LogP contribution is 2.42. The lowest BCUT2D eigenvalue weighted by atomic mass is 10.0. The molecule has 4 aromatic rings. The third-order valence-electron chi connectivity index (χ3n) is 3.24.